The van der Waals surface area contributed by atoms with Gasteiger partial charge >= 0.3 is 0 Å². The molecule has 0 radical (unpaired) electrons. The summed E-state index contributed by atoms with van der Waals surface area (Å²) in [4.78, 5) is 4.71. The van der Waals surface area contributed by atoms with E-state index in [9.17, 15) is 5.26 Å². The molecule has 0 fully saturated rings. The highest BCUT2D eigenvalue weighted by atomic mass is 16.6. The zero-order valence-corrected chi connectivity index (χ0v) is 13.5. The maximum absolute atomic E-state index is 9.43. The number of pyridine rings is 1. The number of hydrogen-bond donors (Lipinski definition) is 1. The van der Waals surface area contributed by atoms with Gasteiger partial charge in [-0.25, -0.2) is 4.98 Å². The van der Waals surface area contributed by atoms with E-state index in [1.807, 2.05) is 24.3 Å². The fourth-order valence-electron chi connectivity index (χ4n) is 3.31. The molecule has 122 valence electrons. The second-order valence-corrected chi connectivity index (χ2v) is 6.10. The summed E-state index contributed by atoms with van der Waals surface area (Å²) < 4.78 is 11.4. The van der Waals surface area contributed by atoms with E-state index in [0.717, 1.165) is 35.6 Å². The van der Waals surface area contributed by atoms with Gasteiger partial charge in [0.1, 0.15) is 25.1 Å². The number of nitriles is 1. The first-order chi connectivity index (χ1) is 11.8. The minimum absolute atomic E-state index is 0.549. The average molecular weight is 321 g/mol. The standard InChI is InChI=1S/C19H19N3O2/c20-11-15-10-13-4-1-2-6-16(13)22-19(15)21-12-14-5-3-7-17-18(14)24-9-8-23-17/h3,5,7,10H,1-2,4,6,8-9,12H2,(H,21,22). The topological polar surface area (TPSA) is 67.2 Å². The SMILES string of the molecule is N#Cc1cc2c(nc1NCc1cccc3c1OCCO3)CCCC2. The van der Waals surface area contributed by atoms with Crippen molar-refractivity contribution in [1.29, 1.82) is 5.26 Å². The van der Waals surface area contributed by atoms with Crippen LogP contribution in [0.2, 0.25) is 0 Å². The Morgan fingerprint density at radius 2 is 2.04 bits per heavy atom. The van der Waals surface area contributed by atoms with Gasteiger partial charge in [-0.15, -0.1) is 0 Å². The summed E-state index contributed by atoms with van der Waals surface area (Å²) in [6.07, 6.45) is 4.37. The summed E-state index contributed by atoms with van der Waals surface area (Å²) in [6, 6.07) is 10.1. The summed E-state index contributed by atoms with van der Waals surface area (Å²) in [5.41, 5.74) is 3.96. The molecule has 1 aliphatic heterocycles. The van der Waals surface area contributed by atoms with Crippen LogP contribution in [0.4, 0.5) is 5.82 Å². The van der Waals surface area contributed by atoms with Crippen LogP contribution in [-0.4, -0.2) is 18.2 Å². The van der Waals surface area contributed by atoms with E-state index in [2.05, 4.69) is 11.4 Å². The maximum Gasteiger partial charge on any atom is 0.166 e. The van der Waals surface area contributed by atoms with Gasteiger partial charge in [-0.05, 0) is 43.4 Å². The molecule has 0 saturated heterocycles. The molecule has 1 aromatic heterocycles. The van der Waals surface area contributed by atoms with Gasteiger partial charge in [0.25, 0.3) is 0 Å². The predicted molar refractivity (Wildman–Crippen MR) is 90.4 cm³/mol. The Balaban J connectivity index is 1.59. The molecule has 1 aromatic carbocycles. The molecule has 4 rings (SSSR count). The number of para-hydroxylation sites is 1. The van der Waals surface area contributed by atoms with E-state index in [0.29, 0.717) is 31.1 Å². The molecule has 0 atom stereocenters. The molecule has 24 heavy (non-hydrogen) atoms. The molecule has 5 heteroatoms. The summed E-state index contributed by atoms with van der Waals surface area (Å²) in [7, 11) is 0. The number of fused-ring (bicyclic) bond motifs is 2. The predicted octanol–water partition coefficient (Wildman–Crippen LogP) is 3.22. The van der Waals surface area contributed by atoms with Crippen LogP contribution < -0.4 is 14.8 Å². The van der Waals surface area contributed by atoms with Crippen LogP contribution in [0.15, 0.2) is 24.3 Å². The van der Waals surface area contributed by atoms with Crippen molar-refractivity contribution >= 4 is 5.82 Å². The number of anilines is 1. The van der Waals surface area contributed by atoms with Crippen molar-refractivity contribution in [2.75, 3.05) is 18.5 Å². The first kappa shape index (κ1) is 14.8. The molecule has 1 aliphatic carbocycles. The quantitative estimate of drug-likeness (QED) is 0.940. The minimum atomic E-state index is 0.549. The molecule has 2 aliphatic rings. The molecule has 2 aromatic rings. The molecule has 5 nitrogen and oxygen atoms in total. The highest BCUT2D eigenvalue weighted by Crippen LogP contribution is 2.34. The Hall–Kier alpha value is -2.74. The Morgan fingerprint density at radius 1 is 1.17 bits per heavy atom. The molecular formula is C19H19N3O2. The Kier molecular flexibility index (Phi) is 3.96. The van der Waals surface area contributed by atoms with Gasteiger partial charge in [0, 0.05) is 17.8 Å². The Morgan fingerprint density at radius 3 is 2.96 bits per heavy atom. The third-order valence-corrected chi connectivity index (χ3v) is 4.52. The lowest BCUT2D eigenvalue weighted by Crippen LogP contribution is -2.17. The Labute approximate surface area is 141 Å². The van der Waals surface area contributed by atoms with Crippen molar-refractivity contribution in [2.24, 2.45) is 0 Å². The lowest BCUT2D eigenvalue weighted by molar-refractivity contribution is 0.170. The van der Waals surface area contributed by atoms with Gasteiger partial charge in [-0.1, -0.05) is 12.1 Å². The van der Waals surface area contributed by atoms with Gasteiger partial charge in [0.05, 0.1) is 5.56 Å². The number of benzene rings is 1. The molecular weight excluding hydrogens is 302 g/mol. The van der Waals surface area contributed by atoms with Crippen molar-refractivity contribution in [3.05, 3.63) is 46.6 Å². The zero-order chi connectivity index (χ0) is 16.4. The van der Waals surface area contributed by atoms with Crippen molar-refractivity contribution in [1.82, 2.24) is 4.98 Å². The first-order valence-corrected chi connectivity index (χ1v) is 8.39. The van der Waals surface area contributed by atoms with E-state index in [-0.39, 0.29) is 0 Å². The normalized spacial score (nSPS) is 15.3. The van der Waals surface area contributed by atoms with Crippen molar-refractivity contribution < 1.29 is 9.47 Å². The molecule has 1 N–H and O–H groups in total. The number of aryl methyl sites for hydroxylation is 2. The summed E-state index contributed by atoms with van der Waals surface area (Å²) in [5.74, 6) is 2.22. The highest BCUT2D eigenvalue weighted by Gasteiger charge is 2.18. The Bertz CT molecular complexity index is 811. The second-order valence-electron chi connectivity index (χ2n) is 6.10. The van der Waals surface area contributed by atoms with Gasteiger partial charge in [-0.3, -0.25) is 0 Å². The van der Waals surface area contributed by atoms with E-state index in [4.69, 9.17) is 14.5 Å². The number of aromatic nitrogens is 1. The van der Waals surface area contributed by atoms with Crippen molar-refractivity contribution in [2.45, 2.75) is 32.2 Å². The smallest absolute Gasteiger partial charge is 0.166 e. The minimum Gasteiger partial charge on any atom is -0.486 e. The second kappa shape index (κ2) is 6.40. The maximum atomic E-state index is 9.43. The molecule has 2 heterocycles. The average Bonchev–Trinajstić information content (AvgIpc) is 2.65. The number of rotatable bonds is 3. The van der Waals surface area contributed by atoms with Crippen LogP contribution in [0, 0.1) is 11.3 Å². The lowest BCUT2D eigenvalue weighted by atomic mass is 9.95. The van der Waals surface area contributed by atoms with Gasteiger partial charge in [-0.2, -0.15) is 5.26 Å². The molecule has 0 amide bonds. The molecule has 0 bridgehead atoms. The highest BCUT2D eigenvalue weighted by molar-refractivity contribution is 5.56. The molecule has 0 unspecified atom stereocenters. The summed E-state index contributed by atoms with van der Waals surface area (Å²) in [5, 5.41) is 12.7. The number of ether oxygens (including phenoxy) is 2. The first-order valence-electron chi connectivity index (χ1n) is 8.39. The number of hydrogen-bond acceptors (Lipinski definition) is 5. The van der Waals surface area contributed by atoms with Crippen LogP contribution in [0.1, 0.15) is 35.2 Å². The number of nitrogens with one attached hydrogen (secondary N) is 1. The van der Waals surface area contributed by atoms with Crippen LogP contribution in [0.3, 0.4) is 0 Å². The zero-order valence-electron chi connectivity index (χ0n) is 13.5. The van der Waals surface area contributed by atoms with Crippen LogP contribution >= 0.6 is 0 Å². The van der Waals surface area contributed by atoms with E-state index < -0.39 is 0 Å². The van der Waals surface area contributed by atoms with Crippen molar-refractivity contribution in [3.63, 3.8) is 0 Å². The fraction of sp³-hybridized carbons (Fsp3) is 0.368. The van der Waals surface area contributed by atoms with E-state index >= 15 is 0 Å². The molecule has 0 spiro atoms. The van der Waals surface area contributed by atoms with Gasteiger partial charge < -0.3 is 14.8 Å². The van der Waals surface area contributed by atoms with E-state index in [1.54, 1.807) is 0 Å². The summed E-state index contributed by atoms with van der Waals surface area (Å²) >= 11 is 0. The van der Waals surface area contributed by atoms with Crippen LogP contribution in [-0.2, 0) is 19.4 Å². The monoisotopic (exact) mass is 321 g/mol. The van der Waals surface area contributed by atoms with Gasteiger partial charge in [0.15, 0.2) is 11.5 Å². The van der Waals surface area contributed by atoms with Crippen LogP contribution in [0.25, 0.3) is 0 Å². The van der Waals surface area contributed by atoms with E-state index in [1.165, 1.54) is 18.4 Å². The van der Waals surface area contributed by atoms with Crippen LogP contribution in [0.5, 0.6) is 11.5 Å². The lowest BCUT2D eigenvalue weighted by Gasteiger charge is -2.21. The van der Waals surface area contributed by atoms with Gasteiger partial charge in [0.2, 0.25) is 0 Å². The van der Waals surface area contributed by atoms with Crippen molar-refractivity contribution in [3.8, 4) is 17.6 Å². The summed E-state index contributed by atoms with van der Waals surface area (Å²) in [6.45, 7) is 1.69. The molecule has 0 saturated carbocycles. The largest absolute Gasteiger partial charge is 0.486 e. The third-order valence-electron chi connectivity index (χ3n) is 4.52. The fourth-order valence-corrected chi connectivity index (χ4v) is 3.31. The number of nitrogens with zero attached hydrogens (tertiary/aromatic N) is 2. The third kappa shape index (κ3) is 2.76.